The van der Waals surface area contributed by atoms with Crippen molar-refractivity contribution in [2.75, 3.05) is 26.7 Å². The summed E-state index contributed by atoms with van der Waals surface area (Å²) in [5.41, 5.74) is 0. The minimum Gasteiger partial charge on any atom is -0.554 e. The van der Waals surface area contributed by atoms with Gasteiger partial charge in [0.15, 0.2) is 0 Å². The Kier molecular flexibility index (Phi) is 20.9. The molecule has 0 bridgehead atoms. The molecular weight excluding hydrogens is 286 g/mol. The van der Waals surface area contributed by atoms with Gasteiger partial charge in [0.1, 0.15) is 0 Å². The lowest BCUT2D eigenvalue weighted by Crippen LogP contribution is -2.46. The summed E-state index contributed by atoms with van der Waals surface area (Å²) in [6.07, 6.45) is 17.0. The largest absolute Gasteiger partial charge is 0.554 e. The number of nitrogens with zero attached hydrogens (tertiary/aromatic N) is 1. The lowest BCUT2D eigenvalue weighted by Gasteiger charge is -2.35. The van der Waals surface area contributed by atoms with E-state index in [0.29, 0.717) is 0 Å². The van der Waals surface area contributed by atoms with Crippen molar-refractivity contribution in [3.8, 4) is 0 Å². The third kappa shape index (κ3) is 19.4. The second-order valence-electron chi connectivity index (χ2n) is 7.07. The molecule has 0 aliphatic carbocycles. The fourth-order valence-corrected chi connectivity index (χ4v) is 3.10. The molecule has 0 aliphatic rings. The van der Waals surface area contributed by atoms with Gasteiger partial charge in [0.05, 0.1) is 26.7 Å². The van der Waals surface area contributed by atoms with Crippen LogP contribution in [0.2, 0.25) is 0 Å². The van der Waals surface area contributed by atoms with Crippen LogP contribution < -0.4 is 5.11 Å². The summed E-state index contributed by atoms with van der Waals surface area (Å²) in [6.45, 7) is 10.7. The van der Waals surface area contributed by atoms with Crippen LogP contribution in [0.3, 0.4) is 0 Å². The molecule has 0 radical (unpaired) electrons. The molecular formula is C20H43NO2. The van der Waals surface area contributed by atoms with Crippen LogP contribution in [-0.2, 0) is 4.79 Å². The number of hydrogen-bond donors (Lipinski definition) is 0. The first-order valence-corrected chi connectivity index (χ1v) is 9.99. The molecule has 3 heteroatoms. The van der Waals surface area contributed by atoms with Crippen molar-refractivity contribution in [1.82, 2.24) is 0 Å². The van der Waals surface area contributed by atoms with E-state index in [2.05, 4.69) is 27.8 Å². The third-order valence-corrected chi connectivity index (χ3v) is 4.65. The van der Waals surface area contributed by atoms with Crippen LogP contribution in [0.15, 0.2) is 0 Å². The number of unbranched alkanes of at least 4 members (excludes halogenated alkanes) is 9. The summed E-state index contributed by atoms with van der Waals surface area (Å²) < 4.78 is 1.34. The highest BCUT2D eigenvalue weighted by atomic mass is 16.3. The molecule has 0 fully saturated rings. The molecule has 0 amide bonds. The molecule has 0 unspecified atom stereocenters. The molecule has 0 rings (SSSR count). The van der Waals surface area contributed by atoms with Gasteiger partial charge >= 0.3 is 0 Å². The Hall–Kier alpha value is -0.570. The molecule has 0 heterocycles. The SMILES string of the molecule is CCCCCC[N+](C)(CCCCCC)CCCCCC.O=C[O-]. The topological polar surface area (TPSA) is 40.1 Å². The van der Waals surface area contributed by atoms with Crippen molar-refractivity contribution in [1.29, 1.82) is 0 Å². The second-order valence-corrected chi connectivity index (χ2v) is 7.07. The van der Waals surface area contributed by atoms with Gasteiger partial charge in [-0.1, -0.05) is 59.3 Å². The Morgan fingerprint density at radius 2 is 0.913 bits per heavy atom. The van der Waals surface area contributed by atoms with Crippen LogP contribution in [0.4, 0.5) is 0 Å². The third-order valence-electron chi connectivity index (χ3n) is 4.65. The number of carbonyl (C=O) groups excluding carboxylic acids is 1. The summed E-state index contributed by atoms with van der Waals surface area (Å²) in [5.74, 6) is 0. The first-order chi connectivity index (χ1) is 11.1. The molecule has 0 aliphatic heterocycles. The Balaban J connectivity index is 0. The molecule has 0 atom stereocenters. The fourth-order valence-electron chi connectivity index (χ4n) is 3.10. The molecule has 0 N–H and O–H groups in total. The summed E-state index contributed by atoms with van der Waals surface area (Å²) >= 11 is 0. The number of carboxylic acid groups (broad SMARTS) is 1. The smallest absolute Gasteiger partial charge is 0.0784 e. The van der Waals surface area contributed by atoms with Gasteiger partial charge in [0.25, 0.3) is 0 Å². The monoisotopic (exact) mass is 329 g/mol. The van der Waals surface area contributed by atoms with Crippen molar-refractivity contribution < 1.29 is 14.4 Å². The maximum absolute atomic E-state index is 8.25. The van der Waals surface area contributed by atoms with Crippen LogP contribution in [-0.4, -0.2) is 37.6 Å². The molecule has 0 saturated carbocycles. The van der Waals surface area contributed by atoms with Crippen molar-refractivity contribution >= 4 is 6.47 Å². The first kappa shape index (κ1) is 24.7. The van der Waals surface area contributed by atoms with Gasteiger partial charge in [-0.3, -0.25) is 0 Å². The van der Waals surface area contributed by atoms with E-state index in [4.69, 9.17) is 9.90 Å². The predicted octanol–water partition coefficient (Wildman–Crippen LogP) is 4.54. The zero-order valence-corrected chi connectivity index (χ0v) is 16.4. The van der Waals surface area contributed by atoms with Crippen LogP contribution in [0.25, 0.3) is 0 Å². The van der Waals surface area contributed by atoms with Crippen LogP contribution in [0.5, 0.6) is 0 Å². The molecule has 0 aromatic carbocycles. The fraction of sp³-hybridized carbons (Fsp3) is 0.950. The van der Waals surface area contributed by atoms with Crippen molar-refractivity contribution in [2.24, 2.45) is 0 Å². The standard InChI is InChI=1S/C19H42N.CH2O2/c1-5-8-11-14-17-20(4,18-15-12-9-6-2)19-16-13-10-7-3;2-1-3/h5-19H2,1-4H3;1H,(H,2,3)/q+1;/p-1. The summed E-state index contributed by atoms with van der Waals surface area (Å²) in [7, 11) is 2.52. The van der Waals surface area contributed by atoms with Crippen molar-refractivity contribution in [3.63, 3.8) is 0 Å². The zero-order chi connectivity index (χ0) is 17.8. The van der Waals surface area contributed by atoms with Gasteiger partial charge in [-0.05, 0) is 38.5 Å². The quantitative estimate of drug-likeness (QED) is 0.251. The average Bonchev–Trinajstić information content (AvgIpc) is 2.54. The van der Waals surface area contributed by atoms with E-state index >= 15 is 0 Å². The van der Waals surface area contributed by atoms with Gasteiger partial charge in [0.2, 0.25) is 0 Å². The van der Waals surface area contributed by atoms with E-state index in [1.807, 2.05) is 0 Å². The first-order valence-electron chi connectivity index (χ1n) is 9.99. The molecule has 23 heavy (non-hydrogen) atoms. The minimum atomic E-state index is -0.500. The van der Waals surface area contributed by atoms with E-state index in [1.165, 1.54) is 101 Å². The molecule has 3 nitrogen and oxygen atoms in total. The van der Waals surface area contributed by atoms with E-state index in [1.54, 1.807) is 0 Å². The number of quaternary nitrogens is 1. The summed E-state index contributed by atoms with van der Waals surface area (Å²) in [6, 6.07) is 0. The highest BCUT2D eigenvalue weighted by Crippen LogP contribution is 2.14. The Labute approximate surface area is 146 Å². The lowest BCUT2D eigenvalue weighted by atomic mass is 10.1. The van der Waals surface area contributed by atoms with E-state index in [9.17, 15) is 0 Å². The van der Waals surface area contributed by atoms with Gasteiger partial charge in [0, 0.05) is 6.47 Å². The Morgan fingerprint density at radius 1 is 0.652 bits per heavy atom. The summed E-state index contributed by atoms with van der Waals surface area (Å²) in [5, 5.41) is 8.25. The normalized spacial score (nSPS) is 11.0. The number of hydrogen-bond acceptors (Lipinski definition) is 2. The predicted molar refractivity (Wildman–Crippen MR) is 99.3 cm³/mol. The van der Waals surface area contributed by atoms with Gasteiger partial charge < -0.3 is 14.4 Å². The van der Waals surface area contributed by atoms with Gasteiger partial charge in [-0.15, -0.1) is 0 Å². The molecule has 0 spiro atoms. The second kappa shape index (κ2) is 19.5. The number of carbonyl (C=O) groups is 1. The maximum atomic E-state index is 8.25. The van der Waals surface area contributed by atoms with E-state index < -0.39 is 6.47 Å². The zero-order valence-electron chi connectivity index (χ0n) is 16.4. The van der Waals surface area contributed by atoms with Crippen LogP contribution in [0, 0.1) is 0 Å². The molecule has 0 saturated heterocycles. The lowest BCUT2D eigenvalue weighted by molar-refractivity contribution is -0.910. The Morgan fingerprint density at radius 3 is 1.13 bits per heavy atom. The highest BCUT2D eigenvalue weighted by molar-refractivity contribution is 5.29. The summed E-state index contributed by atoms with van der Waals surface area (Å²) in [4.78, 5) is 8.25. The minimum absolute atomic E-state index is 0.500. The maximum Gasteiger partial charge on any atom is 0.0784 e. The highest BCUT2D eigenvalue weighted by Gasteiger charge is 2.19. The van der Waals surface area contributed by atoms with Crippen LogP contribution in [0.1, 0.15) is 97.8 Å². The van der Waals surface area contributed by atoms with Gasteiger partial charge in [-0.2, -0.15) is 0 Å². The van der Waals surface area contributed by atoms with E-state index in [0.717, 1.165) is 0 Å². The average molecular weight is 330 g/mol. The Bertz CT molecular complexity index is 200. The molecule has 140 valence electrons. The van der Waals surface area contributed by atoms with Crippen molar-refractivity contribution in [2.45, 2.75) is 97.8 Å². The molecule has 0 aromatic heterocycles. The van der Waals surface area contributed by atoms with Crippen molar-refractivity contribution in [3.05, 3.63) is 0 Å². The van der Waals surface area contributed by atoms with Gasteiger partial charge in [-0.25, -0.2) is 0 Å². The van der Waals surface area contributed by atoms with E-state index in [-0.39, 0.29) is 0 Å². The molecule has 0 aromatic rings. The number of rotatable bonds is 15. The van der Waals surface area contributed by atoms with Crippen LogP contribution >= 0.6 is 0 Å².